The molecule has 0 radical (unpaired) electrons. The third-order valence-electron chi connectivity index (χ3n) is 6.40. The number of fused-ring (bicyclic) bond motifs is 1. The van der Waals surface area contributed by atoms with E-state index in [9.17, 15) is 9.47 Å². The SMILES string of the molecule is CCOc1cc(-c2ccc(N3CCS(=O)(=NCc4ccc(OC)cc4)CC3)nc2)c2c(C#N)cnn2c1. The first-order valence-corrected chi connectivity index (χ1v) is 13.9. The van der Waals surface area contributed by atoms with Gasteiger partial charge in [0.15, 0.2) is 0 Å². The monoisotopic (exact) mass is 516 g/mol. The molecule has 10 heteroatoms. The summed E-state index contributed by atoms with van der Waals surface area (Å²) in [5, 5.41) is 13.9. The van der Waals surface area contributed by atoms with Gasteiger partial charge in [-0.1, -0.05) is 12.1 Å². The molecule has 4 aromatic rings. The first-order valence-electron chi connectivity index (χ1n) is 12.1. The van der Waals surface area contributed by atoms with Gasteiger partial charge in [-0.3, -0.25) is 0 Å². The lowest BCUT2D eigenvalue weighted by atomic mass is 10.1. The number of methoxy groups -OCH3 is 1. The van der Waals surface area contributed by atoms with E-state index in [4.69, 9.17) is 14.5 Å². The quantitative estimate of drug-likeness (QED) is 0.363. The maximum atomic E-state index is 13.3. The zero-order valence-corrected chi connectivity index (χ0v) is 21.6. The van der Waals surface area contributed by atoms with Gasteiger partial charge in [0.25, 0.3) is 0 Å². The van der Waals surface area contributed by atoms with Crippen LogP contribution in [0.25, 0.3) is 16.6 Å². The molecule has 4 heterocycles. The maximum Gasteiger partial charge on any atom is 0.138 e. The molecule has 0 bridgehead atoms. The molecule has 190 valence electrons. The average Bonchev–Trinajstić information content (AvgIpc) is 3.36. The molecule has 5 rings (SSSR count). The van der Waals surface area contributed by atoms with E-state index in [1.807, 2.05) is 49.4 Å². The van der Waals surface area contributed by atoms with Gasteiger partial charge < -0.3 is 14.4 Å². The molecule has 1 aliphatic rings. The minimum atomic E-state index is -2.26. The molecule has 1 fully saturated rings. The van der Waals surface area contributed by atoms with Crippen LogP contribution in [0.15, 0.2) is 65.4 Å². The van der Waals surface area contributed by atoms with Crippen molar-refractivity contribution in [3.63, 3.8) is 0 Å². The molecule has 0 saturated carbocycles. The lowest BCUT2D eigenvalue weighted by molar-refractivity contribution is 0.338. The lowest BCUT2D eigenvalue weighted by Gasteiger charge is -2.29. The normalized spacial score (nSPS) is 14.8. The zero-order valence-electron chi connectivity index (χ0n) is 20.8. The summed E-state index contributed by atoms with van der Waals surface area (Å²) in [5.41, 5.74) is 3.92. The molecule has 0 atom stereocenters. The maximum absolute atomic E-state index is 13.3. The number of pyridine rings is 2. The van der Waals surface area contributed by atoms with E-state index in [0.29, 0.717) is 49.1 Å². The van der Waals surface area contributed by atoms with E-state index in [1.54, 1.807) is 30.2 Å². The van der Waals surface area contributed by atoms with E-state index in [2.05, 4.69) is 20.4 Å². The fraction of sp³-hybridized carbons (Fsp3) is 0.296. The van der Waals surface area contributed by atoms with Crippen molar-refractivity contribution in [2.75, 3.05) is 43.2 Å². The summed E-state index contributed by atoms with van der Waals surface area (Å²) >= 11 is 0. The van der Waals surface area contributed by atoms with Crippen molar-refractivity contribution < 1.29 is 13.7 Å². The van der Waals surface area contributed by atoms with E-state index in [0.717, 1.165) is 33.8 Å². The highest BCUT2D eigenvalue weighted by atomic mass is 32.2. The van der Waals surface area contributed by atoms with Gasteiger partial charge in [0.1, 0.15) is 23.4 Å². The van der Waals surface area contributed by atoms with E-state index >= 15 is 0 Å². The van der Waals surface area contributed by atoms with Gasteiger partial charge in [-0.15, -0.1) is 0 Å². The Morgan fingerprint density at radius 1 is 1.11 bits per heavy atom. The highest BCUT2D eigenvalue weighted by Crippen LogP contribution is 2.31. The number of nitriles is 1. The van der Waals surface area contributed by atoms with E-state index in [1.165, 1.54) is 0 Å². The molecule has 0 spiro atoms. The summed E-state index contributed by atoms with van der Waals surface area (Å²) in [5.74, 6) is 3.30. The topological polar surface area (TPSA) is 105 Å². The largest absolute Gasteiger partial charge is 0.497 e. The Labute approximate surface area is 216 Å². The van der Waals surface area contributed by atoms with Crippen LogP contribution in [0, 0.1) is 11.3 Å². The molecular weight excluding hydrogens is 488 g/mol. The third kappa shape index (κ3) is 5.22. The van der Waals surface area contributed by atoms with Crippen molar-refractivity contribution in [3.8, 4) is 28.7 Å². The highest BCUT2D eigenvalue weighted by molar-refractivity contribution is 7.93. The van der Waals surface area contributed by atoms with Gasteiger partial charge in [0.2, 0.25) is 0 Å². The van der Waals surface area contributed by atoms with Crippen molar-refractivity contribution >= 4 is 21.1 Å². The van der Waals surface area contributed by atoms with Crippen LogP contribution in [0.3, 0.4) is 0 Å². The Bertz CT molecular complexity index is 1550. The van der Waals surface area contributed by atoms with Crippen LogP contribution in [-0.4, -0.2) is 57.1 Å². The predicted octanol–water partition coefficient (Wildman–Crippen LogP) is 4.16. The average molecular weight is 517 g/mol. The van der Waals surface area contributed by atoms with Crippen LogP contribution in [0.5, 0.6) is 11.5 Å². The lowest BCUT2D eigenvalue weighted by Crippen LogP contribution is -2.40. The second kappa shape index (κ2) is 10.5. The molecule has 0 amide bonds. The highest BCUT2D eigenvalue weighted by Gasteiger charge is 2.22. The van der Waals surface area contributed by atoms with Crippen LogP contribution in [0.4, 0.5) is 5.82 Å². The smallest absolute Gasteiger partial charge is 0.138 e. The molecule has 0 unspecified atom stereocenters. The fourth-order valence-corrected chi connectivity index (χ4v) is 6.24. The van der Waals surface area contributed by atoms with Crippen molar-refractivity contribution in [2.45, 2.75) is 13.5 Å². The summed E-state index contributed by atoms with van der Waals surface area (Å²) in [4.78, 5) is 6.84. The molecule has 1 aliphatic heterocycles. The summed E-state index contributed by atoms with van der Waals surface area (Å²) in [6, 6.07) is 15.8. The Hall–Kier alpha value is -4.10. The van der Waals surface area contributed by atoms with Gasteiger partial charge in [0, 0.05) is 41.9 Å². The van der Waals surface area contributed by atoms with Crippen LogP contribution in [0.1, 0.15) is 18.1 Å². The summed E-state index contributed by atoms with van der Waals surface area (Å²) in [7, 11) is -0.628. The zero-order chi connectivity index (χ0) is 25.8. The number of rotatable bonds is 7. The first-order chi connectivity index (χ1) is 18.0. The van der Waals surface area contributed by atoms with Crippen LogP contribution in [-0.2, 0) is 16.3 Å². The molecule has 0 N–H and O–H groups in total. The number of aromatic nitrogens is 3. The minimum absolute atomic E-state index is 0.435. The van der Waals surface area contributed by atoms with Gasteiger partial charge in [0.05, 0.1) is 53.5 Å². The van der Waals surface area contributed by atoms with Crippen molar-refractivity contribution in [3.05, 3.63) is 72.2 Å². The molecule has 0 aliphatic carbocycles. The van der Waals surface area contributed by atoms with Crippen LogP contribution >= 0.6 is 0 Å². The van der Waals surface area contributed by atoms with Crippen molar-refractivity contribution in [1.29, 1.82) is 5.26 Å². The standard InChI is InChI=1S/C27H28N6O3S/c1-3-36-24-14-25(27-22(15-28)18-30-33(27)19-24)21-6-9-26(29-17-21)32-10-12-37(34,13-11-32)31-16-20-4-7-23(35-2)8-5-20/h4-9,14,17-19H,3,10-13,16H2,1-2H3. The number of benzene rings is 1. The van der Waals surface area contributed by atoms with Crippen LogP contribution < -0.4 is 14.4 Å². The van der Waals surface area contributed by atoms with E-state index < -0.39 is 9.73 Å². The van der Waals surface area contributed by atoms with Gasteiger partial charge >= 0.3 is 0 Å². The third-order valence-corrected chi connectivity index (χ3v) is 8.64. The van der Waals surface area contributed by atoms with Gasteiger partial charge in [-0.05, 0) is 42.8 Å². The summed E-state index contributed by atoms with van der Waals surface area (Å²) in [6.07, 6.45) is 5.13. The predicted molar refractivity (Wildman–Crippen MR) is 144 cm³/mol. The second-order valence-electron chi connectivity index (χ2n) is 8.69. The Morgan fingerprint density at radius 3 is 2.54 bits per heavy atom. The minimum Gasteiger partial charge on any atom is -0.497 e. The fourth-order valence-electron chi connectivity index (χ4n) is 4.38. The Morgan fingerprint density at radius 2 is 1.89 bits per heavy atom. The van der Waals surface area contributed by atoms with Crippen molar-refractivity contribution in [2.24, 2.45) is 4.36 Å². The molecule has 3 aromatic heterocycles. The van der Waals surface area contributed by atoms with E-state index in [-0.39, 0.29) is 0 Å². The number of hydrogen-bond donors (Lipinski definition) is 0. The summed E-state index contributed by atoms with van der Waals surface area (Å²) < 4.78 is 30.4. The first kappa shape index (κ1) is 24.6. The molecule has 9 nitrogen and oxygen atoms in total. The number of nitrogens with zero attached hydrogens (tertiary/aromatic N) is 6. The number of anilines is 1. The van der Waals surface area contributed by atoms with Crippen molar-refractivity contribution in [1.82, 2.24) is 14.6 Å². The van der Waals surface area contributed by atoms with Gasteiger partial charge in [-0.25, -0.2) is 18.1 Å². The Kier molecular flexibility index (Phi) is 6.97. The molecular formula is C27H28N6O3S. The number of ether oxygens (including phenoxy) is 2. The molecule has 37 heavy (non-hydrogen) atoms. The van der Waals surface area contributed by atoms with Crippen LogP contribution in [0.2, 0.25) is 0 Å². The Balaban J connectivity index is 1.31. The summed E-state index contributed by atoms with van der Waals surface area (Å²) in [6.45, 7) is 4.14. The number of hydrogen-bond acceptors (Lipinski definition) is 8. The molecule has 1 aromatic carbocycles. The second-order valence-corrected chi connectivity index (χ2v) is 11.3. The molecule has 1 saturated heterocycles. The van der Waals surface area contributed by atoms with Gasteiger partial charge in [-0.2, -0.15) is 10.4 Å².